The van der Waals surface area contributed by atoms with Crippen LogP contribution in [0.2, 0.25) is 10.0 Å². The minimum atomic E-state index is -3.83. The van der Waals surface area contributed by atoms with Gasteiger partial charge in [-0.25, -0.2) is 8.42 Å². The van der Waals surface area contributed by atoms with Gasteiger partial charge in [0.05, 0.1) is 9.92 Å². The summed E-state index contributed by atoms with van der Waals surface area (Å²) >= 11 is 11.9. The van der Waals surface area contributed by atoms with Crippen molar-refractivity contribution >= 4 is 44.8 Å². The quantitative estimate of drug-likeness (QED) is 0.660. The summed E-state index contributed by atoms with van der Waals surface area (Å²) in [6.07, 6.45) is 0.805. The number of carbonyl (C=O) groups is 1. The van der Waals surface area contributed by atoms with E-state index in [4.69, 9.17) is 27.9 Å². The van der Waals surface area contributed by atoms with E-state index in [1.54, 1.807) is 24.3 Å². The maximum Gasteiger partial charge on any atom is 0.261 e. The Labute approximate surface area is 168 Å². The molecule has 6 nitrogen and oxygen atoms in total. The van der Waals surface area contributed by atoms with Gasteiger partial charge in [-0.05, 0) is 55.8 Å². The minimum absolute atomic E-state index is 0.0288. The van der Waals surface area contributed by atoms with Gasteiger partial charge in [-0.15, -0.1) is 0 Å². The zero-order valence-corrected chi connectivity index (χ0v) is 17.2. The third kappa shape index (κ3) is 6.30. The first-order chi connectivity index (χ1) is 12.7. The van der Waals surface area contributed by atoms with Crippen LogP contribution in [0.15, 0.2) is 47.4 Å². The van der Waals surface area contributed by atoms with Gasteiger partial charge in [0.2, 0.25) is 0 Å². The second-order valence-corrected chi connectivity index (χ2v) is 8.40. The number of halogens is 2. The van der Waals surface area contributed by atoms with Crippen molar-refractivity contribution in [1.82, 2.24) is 5.32 Å². The topological polar surface area (TPSA) is 84.5 Å². The van der Waals surface area contributed by atoms with Crippen molar-refractivity contribution in [2.75, 3.05) is 11.3 Å². The molecule has 0 aliphatic carbocycles. The van der Waals surface area contributed by atoms with Crippen LogP contribution < -0.4 is 14.8 Å². The van der Waals surface area contributed by atoms with Crippen LogP contribution in [0.1, 0.15) is 20.3 Å². The highest BCUT2D eigenvalue weighted by molar-refractivity contribution is 7.92. The SMILES string of the molecule is CC[C@@H](C)NC(=O)COc1ccc(S(=O)(=O)Nc2ccc(Cl)cc2)cc1Cl. The first-order valence-electron chi connectivity index (χ1n) is 8.21. The van der Waals surface area contributed by atoms with E-state index in [-0.39, 0.29) is 34.2 Å². The predicted octanol–water partition coefficient (Wildman–Crippen LogP) is 4.09. The average Bonchev–Trinajstić information content (AvgIpc) is 2.62. The van der Waals surface area contributed by atoms with Gasteiger partial charge in [0, 0.05) is 16.8 Å². The van der Waals surface area contributed by atoms with Gasteiger partial charge in [-0.3, -0.25) is 9.52 Å². The van der Waals surface area contributed by atoms with Crippen molar-refractivity contribution in [3.8, 4) is 5.75 Å². The number of carbonyl (C=O) groups excluding carboxylic acids is 1. The van der Waals surface area contributed by atoms with Gasteiger partial charge in [0.25, 0.3) is 15.9 Å². The number of sulfonamides is 1. The lowest BCUT2D eigenvalue weighted by molar-refractivity contribution is -0.123. The number of ether oxygens (including phenoxy) is 1. The molecular weight excluding hydrogens is 411 g/mol. The molecule has 0 saturated carbocycles. The molecular formula is C18H20Cl2N2O4S. The second-order valence-electron chi connectivity index (χ2n) is 5.87. The second kappa shape index (κ2) is 9.30. The van der Waals surface area contributed by atoms with Crippen LogP contribution in [0.3, 0.4) is 0 Å². The van der Waals surface area contributed by atoms with Gasteiger partial charge in [-0.2, -0.15) is 0 Å². The molecule has 9 heteroatoms. The van der Waals surface area contributed by atoms with E-state index in [2.05, 4.69) is 10.0 Å². The molecule has 0 unspecified atom stereocenters. The van der Waals surface area contributed by atoms with Crippen molar-refractivity contribution in [2.45, 2.75) is 31.2 Å². The Morgan fingerprint density at radius 2 is 1.81 bits per heavy atom. The third-order valence-corrected chi connectivity index (χ3v) is 5.61. The van der Waals surface area contributed by atoms with Crippen LogP contribution in [0.25, 0.3) is 0 Å². The molecule has 0 aromatic heterocycles. The maximum atomic E-state index is 12.5. The molecule has 146 valence electrons. The fraction of sp³-hybridized carbons (Fsp3) is 0.278. The number of rotatable bonds is 8. The number of nitrogens with one attached hydrogen (secondary N) is 2. The Kier molecular flexibility index (Phi) is 7.35. The molecule has 1 atom stereocenters. The Morgan fingerprint density at radius 1 is 1.15 bits per heavy atom. The highest BCUT2D eigenvalue weighted by Gasteiger charge is 2.17. The Hall–Kier alpha value is -1.96. The number of benzene rings is 2. The monoisotopic (exact) mass is 430 g/mol. The van der Waals surface area contributed by atoms with Crippen LogP contribution in [-0.2, 0) is 14.8 Å². The van der Waals surface area contributed by atoms with E-state index in [1.807, 2.05) is 13.8 Å². The summed E-state index contributed by atoms with van der Waals surface area (Å²) in [6.45, 7) is 3.64. The molecule has 0 heterocycles. The van der Waals surface area contributed by atoms with Gasteiger partial charge in [-0.1, -0.05) is 30.1 Å². The molecule has 2 aromatic rings. The lowest BCUT2D eigenvalue weighted by Crippen LogP contribution is -2.35. The first-order valence-corrected chi connectivity index (χ1v) is 10.4. The maximum absolute atomic E-state index is 12.5. The van der Waals surface area contributed by atoms with Crippen LogP contribution in [0.5, 0.6) is 5.75 Å². The summed E-state index contributed by atoms with van der Waals surface area (Å²) in [7, 11) is -3.83. The lowest BCUT2D eigenvalue weighted by atomic mass is 10.2. The minimum Gasteiger partial charge on any atom is -0.482 e. The molecule has 0 bridgehead atoms. The highest BCUT2D eigenvalue weighted by Crippen LogP contribution is 2.28. The summed E-state index contributed by atoms with van der Waals surface area (Å²) in [4.78, 5) is 11.7. The Morgan fingerprint density at radius 3 is 2.41 bits per heavy atom. The zero-order valence-electron chi connectivity index (χ0n) is 14.8. The van der Waals surface area contributed by atoms with Crippen LogP contribution in [-0.4, -0.2) is 27.0 Å². The third-order valence-electron chi connectivity index (χ3n) is 3.69. The zero-order chi connectivity index (χ0) is 20.0. The smallest absolute Gasteiger partial charge is 0.261 e. The van der Waals surface area contributed by atoms with Crippen molar-refractivity contribution in [3.05, 3.63) is 52.5 Å². The first kappa shape index (κ1) is 21.3. The van der Waals surface area contributed by atoms with E-state index in [1.165, 1.54) is 18.2 Å². The molecule has 27 heavy (non-hydrogen) atoms. The van der Waals surface area contributed by atoms with E-state index < -0.39 is 10.0 Å². The Balaban J connectivity index is 2.06. The average molecular weight is 431 g/mol. The number of anilines is 1. The highest BCUT2D eigenvalue weighted by atomic mass is 35.5. The molecule has 1 amide bonds. The molecule has 0 aliphatic heterocycles. The van der Waals surface area contributed by atoms with Crippen molar-refractivity contribution in [3.63, 3.8) is 0 Å². The molecule has 0 saturated heterocycles. The van der Waals surface area contributed by atoms with Gasteiger partial charge in [0.15, 0.2) is 6.61 Å². The van der Waals surface area contributed by atoms with Crippen molar-refractivity contribution in [1.29, 1.82) is 0 Å². The summed E-state index contributed by atoms with van der Waals surface area (Å²) in [5.41, 5.74) is 0.373. The number of hydrogen-bond donors (Lipinski definition) is 2. The summed E-state index contributed by atoms with van der Waals surface area (Å²) in [5.74, 6) is -0.0528. The van der Waals surface area contributed by atoms with Crippen LogP contribution >= 0.6 is 23.2 Å². The van der Waals surface area contributed by atoms with E-state index in [9.17, 15) is 13.2 Å². The van der Waals surface area contributed by atoms with E-state index in [0.717, 1.165) is 6.42 Å². The molecule has 0 fully saturated rings. The number of hydrogen-bond acceptors (Lipinski definition) is 4. The van der Waals surface area contributed by atoms with Crippen LogP contribution in [0, 0.1) is 0 Å². The van der Waals surface area contributed by atoms with Gasteiger partial charge < -0.3 is 10.1 Å². The largest absolute Gasteiger partial charge is 0.482 e. The van der Waals surface area contributed by atoms with Gasteiger partial charge >= 0.3 is 0 Å². The molecule has 2 rings (SSSR count). The number of amides is 1. The summed E-state index contributed by atoms with van der Waals surface area (Å²) in [5, 5.41) is 3.35. The summed E-state index contributed by atoms with van der Waals surface area (Å²) < 4.78 is 32.7. The predicted molar refractivity (Wildman–Crippen MR) is 107 cm³/mol. The fourth-order valence-electron chi connectivity index (χ4n) is 2.06. The molecule has 2 aromatic carbocycles. The molecule has 2 N–H and O–H groups in total. The standard InChI is InChI=1S/C18H20Cl2N2O4S/c1-3-12(2)21-18(23)11-26-17-9-8-15(10-16(17)20)27(24,25)22-14-6-4-13(19)5-7-14/h4-10,12,22H,3,11H2,1-2H3,(H,21,23)/t12-/m1/s1. The fourth-order valence-corrected chi connectivity index (χ4v) is 3.57. The van der Waals surface area contributed by atoms with E-state index >= 15 is 0 Å². The van der Waals surface area contributed by atoms with E-state index in [0.29, 0.717) is 10.7 Å². The molecule has 0 spiro atoms. The van der Waals surface area contributed by atoms with Crippen molar-refractivity contribution in [2.24, 2.45) is 0 Å². The van der Waals surface area contributed by atoms with Gasteiger partial charge in [0.1, 0.15) is 5.75 Å². The van der Waals surface area contributed by atoms with Crippen molar-refractivity contribution < 1.29 is 17.9 Å². The normalized spacial score (nSPS) is 12.3. The molecule has 0 radical (unpaired) electrons. The summed E-state index contributed by atoms with van der Waals surface area (Å²) in [6, 6.07) is 10.3. The lowest BCUT2D eigenvalue weighted by Gasteiger charge is -2.13. The van der Waals surface area contributed by atoms with Crippen LogP contribution in [0.4, 0.5) is 5.69 Å². The Bertz CT molecular complexity index is 902. The molecule has 0 aliphatic rings.